The van der Waals surface area contributed by atoms with Gasteiger partial charge >= 0.3 is 0 Å². The Kier molecular flexibility index (Phi) is 5.45. The predicted molar refractivity (Wildman–Crippen MR) is 89.0 cm³/mol. The third kappa shape index (κ3) is 4.82. The predicted octanol–water partition coefficient (Wildman–Crippen LogP) is 4.67. The highest BCUT2D eigenvalue weighted by Crippen LogP contribution is 2.34. The second-order valence-corrected chi connectivity index (χ2v) is 7.60. The zero-order valence-electron chi connectivity index (χ0n) is 13.4. The van der Waals surface area contributed by atoms with Crippen LogP contribution in [0.1, 0.15) is 50.4 Å². The van der Waals surface area contributed by atoms with Gasteiger partial charge in [-0.05, 0) is 49.4 Å². The summed E-state index contributed by atoms with van der Waals surface area (Å²) in [7, 11) is 0. The minimum Gasteiger partial charge on any atom is -0.303 e. The van der Waals surface area contributed by atoms with Gasteiger partial charge in [0.2, 0.25) is 0 Å². The topological polar surface area (TPSA) is 20.3 Å². The molecule has 0 bridgehead atoms. The van der Waals surface area contributed by atoms with Gasteiger partial charge in [-0.25, -0.2) is 0 Å². The summed E-state index contributed by atoms with van der Waals surface area (Å²) in [4.78, 5) is 14.6. The van der Waals surface area contributed by atoms with Crippen molar-refractivity contribution in [2.24, 2.45) is 11.3 Å². The molecule has 1 aliphatic heterocycles. The normalized spacial score (nSPS) is 17.9. The molecule has 1 heterocycles. The van der Waals surface area contributed by atoms with Gasteiger partial charge in [-0.1, -0.05) is 44.5 Å². The largest absolute Gasteiger partial charge is 0.303 e. The number of Topliss-reactive ketones (excluding diaryl/α,β-unsaturated/α-hetero) is 1. The highest BCUT2D eigenvalue weighted by molar-refractivity contribution is 6.31. The van der Waals surface area contributed by atoms with Crippen LogP contribution in [0.3, 0.4) is 0 Å². The number of piperidine rings is 1. The standard InChI is InChI=1S/C18H26ClNO/c1-18(2,3)15-7-10-20(11-8-15)12-9-17(21)14-5-4-6-16(19)13-14/h4-6,13,15H,7-12H2,1-3H3. The van der Waals surface area contributed by atoms with Crippen molar-refractivity contribution in [1.29, 1.82) is 0 Å². The lowest BCUT2D eigenvalue weighted by Crippen LogP contribution is -2.38. The summed E-state index contributed by atoms with van der Waals surface area (Å²) in [5.74, 6) is 0.993. The number of carbonyl (C=O) groups is 1. The van der Waals surface area contributed by atoms with E-state index in [-0.39, 0.29) is 5.78 Å². The molecular weight excluding hydrogens is 282 g/mol. The molecule has 0 N–H and O–H groups in total. The Bertz CT molecular complexity index is 484. The second-order valence-electron chi connectivity index (χ2n) is 7.17. The van der Waals surface area contributed by atoms with Crippen LogP contribution in [0.2, 0.25) is 5.02 Å². The maximum Gasteiger partial charge on any atom is 0.164 e. The molecule has 0 unspecified atom stereocenters. The number of carbonyl (C=O) groups excluding carboxylic acids is 1. The molecule has 2 nitrogen and oxygen atoms in total. The van der Waals surface area contributed by atoms with Crippen LogP contribution in [0.25, 0.3) is 0 Å². The Morgan fingerprint density at radius 2 is 1.95 bits per heavy atom. The van der Waals surface area contributed by atoms with Crippen LogP contribution in [0.4, 0.5) is 0 Å². The fraction of sp³-hybridized carbons (Fsp3) is 0.611. The van der Waals surface area contributed by atoms with Crippen LogP contribution in [-0.4, -0.2) is 30.3 Å². The number of benzene rings is 1. The molecule has 1 aliphatic rings. The quantitative estimate of drug-likeness (QED) is 0.753. The monoisotopic (exact) mass is 307 g/mol. The molecule has 21 heavy (non-hydrogen) atoms. The SMILES string of the molecule is CC(C)(C)C1CCN(CCC(=O)c2cccc(Cl)c2)CC1. The molecule has 1 saturated heterocycles. The lowest BCUT2D eigenvalue weighted by atomic mass is 9.75. The average molecular weight is 308 g/mol. The van der Waals surface area contributed by atoms with E-state index in [9.17, 15) is 4.79 Å². The van der Waals surface area contributed by atoms with Crippen molar-refractivity contribution in [1.82, 2.24) is 4.90 Å². The van der Waals surface area contributed by atoms with Gasteiger partial charge in [0, 0.05) is 23.6 Å². The zero-order chi connectivity index (χ0) is 15.5. The maximum absolute atomic E-state index is 12.2. The summed E-state index contributed by atoms with van der Waals surface area (Å²) >= 11 is 5.93. The van der Waals surface area contributed by atoms with Gasteiger partial charge in [-0.3, -0.25) is 4.79 Å². The number of ketones is 1. The molecule has 0 amide bonds. The molecule has 1 aromatic carbocycles. The molecular formula is C18H26ClNO. The maximum atomic E-state index is 12.2. The van der Waals surface area contributed by atoms with E-state index in [1.807, 2.05) is 12.1 Å². The highest BCUT2D eigenvalue weighted by atomic mass is 35.5. The van der Waals surface area contributed by atoms with E-state index >= 15 is 0 Å². The van der Waals surface area contributed by atoms with Gasteiger partial charge in [-0.15, -0.1) is 0 Å². The smallest absolute Gasteiger partial charge is 0.164 e. The van der Waals surface area contributed by atoms with Gasteiger partial charge in [0.25, 0.3) is 0 Å². The first kappa shape index (κ1) is 16.5. The summed E-state index contributed by atoms with van der Waals surface area (Å²) in [6.45, 7) is 10.1. The van der Waals surface area contributed by atoms with Crippen LogP contribution in [0.5, 0.6) is 0 Å². The second kappa shape index (κ2) is 6.93. The minimum atomic E-state index is 0.190. The van der Waals surface area contributed by atoms with Gasteiger partial charge in [0.1, 0.15) is 0 Å². The zero-order valence-corrected chi connectivity index (χ0v) is 14.1. The number of halogens is 1. The Balaban J connectivity index is 1.78. The third-order valence-corrected chi connectivity index (χ3v) is 4.85. The number of likely N-dealkylation sites (tertiary alicyclic amines) is 1. The fourth-order valence-electron chi connectivity index (χ4n) is 3.09. The van der Waals surface area contributed by atoms with Crippen molar-refractivity contribution in [3.8, 4) is 0 Å². The van der Waals surface area contributed by atoms with Crippen molar-refractivity contribution in [2.45, 2.75) is 40.0 Å². The number of hydrogen-bond acceptors (Lipinski definition) is 2. The van der Waals surface area contributed by atoms with Crippen molar-refractivity contribution in [3.63, 3.8) is 0 Å². The summed E-state index contributed by atoms with van der Waals surface area (Å²) in [6.07, 6.45) is 3.07. The first-order valence-electron chi connectivity index (χ1n) is 7.87. The Morgan fingerprint density at radius 1 is 1.29 bits per heavy atom. The first-order chi connectivity index (χ1) is 9.86. The molecule has 0 radical (unpaired) electrons. The van der Waals surface area contributed by atoms with E-state index in [4.69, 9.17) is 11.6 Å². The molecule has 0 atom stereocenters. The van der Waals surface area contributed by atoms with Gasteiger partial charge in [-0.2, -0.15) is 0 Å². The molecule has 0 saturated carbocycles. The van der Waals surface area contributed by atoms with Crippen LogP contribution < -0.4 is 0 Å². The van der Waals surface area contributed by atoms with E-state index in [0.717, 1.165) is 31.1 Å². The molecule has 0 spiro atoms. The highest BCUT2D eigenvalue weighted by Gasteiger charge is 2.28. The molecule has 1 fully saturated rings. The van der Waals surface area contributed by atoms with Crippen LogP contribution >= 0.6 is 11.6 Å². The molecule has 3 heteroatoms. The van der Waals surface area contributed by atoms with E-state index in [0.29, 0.717) is 16.9 Å². The number of rotatable bonds is 4. The lowest BCUT2D eigenvalue weighted by Gasteiger charge is -2.38. The van der Waals surface area contributed by atoms with Crippen molar-refractivity contribution in [3.05, 3.63) is 34.9 Å². The Morgan fingerprint density at radius 3 is 2.52 bits per heavy atom. The van der Waals surface area contributed by atoms with Crippen LogP contribution in [-0.2, 0) is 0 Å². The van der Waals surface area contributed by atoms with Gasteiger partial charge < -0.3 is 4.90 Å². The molecule has 116 valence electrons. The molecule has 0 aromatic heterocycles. The Labute approximate surface area is 133 Å². The van der Waals surface area contributed by atoms with Crippen molar-refractivity contribution >= 4 is 17.4 Å². The van der Waals surface area contributed by atoms with Gasteiger partial charge in [0.05, 0.1) is 0 Å². The van der Waals surface area contributed by atoms with E-state index in [2.05, 4.69) is 25.7 Å². The van der Waals surface area contributed by atoms with Crippen LogP contribution in [0.15, 0.2) is 24.3 Å². The average Bonchev–Trinajstić information content (AvgIpc) is 2.44. The van der Waals surface area contributed by atoms with Crippen molar-refractivity contribution < 1.29 is 4.79 Å². The molecule has 1 aromatic rings. The van der Waals surface area contributed by atoms with E-state index in [1.165, 1.54) is 12.8 Å². The fourth-order valence-corrected chi connectivity index (χ4v) is 3.28. The summed E-state index contributed by atoms with van der Waals surface area (Å²) in [6, 6.07) is 7.25. The molecule has 0 aliphatic carbocycles. The van der Waals surface area contributed by atoms with Crippen molar-refractivity contribution in [2.75, 3.05) is 19.6 Å². The number of hydrogen-bond donors (Lipinski definition) is 0. The summed E-state index contributed by atoms with van der Waals surface area (Å²) in [5.41, 5.74) is 1.13. The minimum absolute atomic E-state index is 0.190. The summed E-state index contributed by atoms with van der Waals surface area (Å²) < 4.78 is 0. The van der Waals surface area contributed by atoms with E-state index in [1.54, 1.807) is 12.1 Å². The molecule has 2 rings (SSSR count). The number of nitrogens with zero attached hydrogens (tertiary/aromatic N) is 1. The first-order valence-corrected chi connectivity index (χ1v) is 8.25. The Hall–Kier alpha value is -0.860. The van der Waals surface area contributed by atoms with Gasteiger partial charge in [0.15, 0.2) is 5.78 Å². The summed E-state index contributed by atoms with van der Waals surface area (Å²) in [5, 5.41) is 0.631. The van der Waals surface area contributed by atoms with Crippen LogP contribution in [0, 0.1) is 11.3 Å². The lowest BCUT2D eigenvalue weighted by molar-refractivity contribution is 0.0902. The van der Waals surface area contributed by atoms with E-state index < -0.39 is 0 Å². The third-order valence-electron chi connectivity index (χ3n) is 4.61.